The van der Waals surface area contributed by atoms with Gasteiger partial charge in [-0.3, -0.25) is 10.5 Å². The van der Waals surface area contributed by atoms with Crippen molar-refractivity contribution in [3.8, 4) is 0 Å². The Labute approximate surface area is 133 Å². The van der Waals surface area contributed by atoms with E-state index in [2.05, 4.69) is 45.5 Å². The van der Waals surface area contributed by atoms with Gasteiger partial charge in [0.05, 0.1) is 35.6 Å². The number of hydrogen-bond donors (Lipinski definition) is 2. The minimum atomic E-state index is -0.116. The normalized spacial score (nSPS) is 12.6. The highest BCUT2D eigenvalue weighted by Crippen LogP contribution is 2.30. The number of hydrazine groups is 1. The molecular weight excluding hydrogens is 332 g/mol. The Balaban J connectivity index is 2.44. The zero-order chi connectivity index (χ0) is 15.2. The lowest BCUT2D eigenvalue weighted by atomic mass is 9.97. The Morgan fingerprint density at radius 1 is 1.43 bits per heavy atom. The summed E-state index contributed by atoms with van der Waals surface area (Å²) in [6.45, 7) is 3.43. The molecule has 0 fully saturated rings. The van der Waals surface area contributed by atoms with Crippen LogP contribution in [0.5, 0.6) is 0 Å². The summed E-state index contributed by atoms with van der Waals surface area (Å²) >= 11 is 3.57. The van der Waals surface area contributed by atoms with Crippen LogP contribution in [0.1, 0.15) is 29.8 Å². The first-order valence-corrected chi connectivity index (χ1v) is 7.76. The fraction of sp³-hybridized carbons (Fsp3) is 0.400. The molecule has 0 aliphatic heterocycles. The van der Waals surface area contributed by atoms with E-state index in [0.29, 0.717) is 13.2 Å². The predicted octanol–water partition coefficient (Wildman–Crippen LogP) is 2.41. The first-order valence-electron chi connectivity index (χ1n) is 6.97. The third-order valence-electron chi connectivity index (χ3n) is 3.53. The fourth-order valence-electron chi connectivity index (χ4n) is 2.47. The first kappa shape index (κ1) is 16.2. The molecule has 1 atom stereocenters. The van der Waals surface area contributed by atoms with Crippen LogP contribution in [-0.4, -0.2) is 23.5 Å². The van der Waals surface area contributed by atoms with Crippen LogP contribution in [0.3, 0.4) is 0 Å². The van der Waals surface area contributed by atoms with E-state index in [1.54, 1.807) is 13.3 Å². The molecule has 0 aliphatic carbocycles. The Bertz CT molecular complexity index is 585. The third kappa shape index (κ3) is 3.52. The van der Waals surface area contributed by atoms with Crippen LogP contribution < -0.4 is 11.3 Å². The average Bonchev–Trinajstić information content (AvgIpc) is 2.88. The molecule has 6 heteroatoms. The highest BCUT2D eigenvalue weighted by Gasteiger charge is 2.22. The number of hydrogen-bond acceptors (Lipinski definition) is 4. The van der Waals surface area contributed by atoms with E-state index in [4.69, 9.17) is 10.6 Å². The van der Waals surface area contributed by atoms with Gasteiger partial charge in [0.1, 0.15) is 0 Å². The molecule has 0 saturated heterocycles. The van der Waals surface area contributed by atoms with E-state index < -0.39 is 0 Å². The van der Waals surface area contributed by atoms with Crippen LogP contribution in [0.2, 0.25) is 0 Å². The van der Waals surface area contributed by atoms with Crippen molar-refractivity contribution >= 4 is 15.9 Å². The van der Waals surface area contributed by atoms with Crippen molar-refractivity contribution in [3.63, 3.8) is 0 Å². The van der Waals surface area contributed by atoms with E-state index >= 15 is 0 Å². The molecule has 0 bridgehead atoms. The molecule has 114 valence electrons. The molecule has 5 nitrogen and oxygen atoms in total. The lowest BCUT2D eigenvalue weighted by Gasteiger charge is -2.21. The number of nitrogens with two attached hydrogens (primary N) is 1. The van der Waals surface area contributed by atoms with Gasteiger partial charge in [-0.25, -0.2) is 5.43 Å². The monoisotopic (exact) mass is 352 g/mol. The molecule has 0 radical (unpaired) electrons. The van der Waals surface area contributed by atoms with Gasteiger partial charge in [0, 0.05) is 7.11 Å². The molecule has 2 aromatic rings. The lowest BCUT2D eigenvalue weighted by molar-refractivity contribution is 0.182. The minimum absolute atomic E-state index is 0.116. The number of ether oxygens (including phenoxy) is 1. The van der Waals surface area contributed by atoms with Gasteiger partial charge in [0.2, 0.25) is 0 Å². The number of nitrogens with zero attached hydrogens (tertiary/aromatic N) is 2. The van der Waals surface area contributed by atoms with E-state index in [-0.39, 0.29) is 6.04 Å². The predicted molar refractivity (Wildman–Crippen MR) is 86.8 cm³/mol. The summed E-state index contributed by atoms with van der Waals surface area (Å²) in [6.07, 6.45) is 2.75. The molecule has 1 unspecified atom stereocenters. The van der Waals surface area contributed by atoms with Crippen molar-refractivity contribution in [1.29, 1.82) is 0 Å². The standard InChI is InChI=1S/C15H21BrN4O/c1-3-11-6-4-5-7-12(11)14(19-17)15-13(16)10-18-20(15)8-9-21-2/h4-7,10,14,19H,3,8-9,17H2,1-2H3. The Morgan fingerprint density at radius 3 is 2.86 bits per heavy atom. The Kier molecular flexibility index (Phi) is 5.93. The molecule has 0 saturated carbocycles. The van der Waals surface area contributed by atoms with Crippen molar-refractivity contribution in [2.24, 2.45) is 5.84 Å². The van der Waals surface area contributed by atoms with Crippen LogP contribution in [0, 0.1) is 0 Å². The highest BCUT2D eigenvalue weighted by molar-refractivity contribution is 9.10. The van der Waals surface area contributed by atoms with Gasteiger partial charge in [-0.15, -0.1) is 0 Å². The summed E-state index contributed by atoms with van der Waals surface area (Å²) in [5.41, 5.74) is 6.37. The fourth-order valence-corrected chi connectivity index (χ4v) is 2.99. The van der Waals surface area contributed by atoms with Crippen molar-refractivity contribution < 1.29 is 4.74 Å². The van der Waals surface area contributed by atoms with Crippen LogP contribution in [0.25, 0.3) is 0 Å². The zero-order valence-corrected chi connectivity index (χ0v) is 13.9. The van der Waals surface area contributed by atoms with Crippen LogP contribution in [0.4, 0.5) is 0 Å². The van der Waals surface area contributed by atoms with Gasteiger partial charge in [-0.2, -0.15) is 5.10 Å². The van der Waals surface area contributed by atoms with Crippen LogP contribution >= 0.6 is 15.9 Å². The van der Waals surface area contributed by atoms with Crippen molar-refractivity contribution in [2.75, 3.05) is 13.7 Å². The maximum atomic E-state index is 5.84. The van der Waals surface area contributed by atoms with Gasteiger partial charge >= 0.3 is 0 Å². The van der Waals surface area contributed by atoms with E-state index in [1.807, 2.05) is 16.8 Å². The third-order valence-corrected chi connectivity index (χ3v) is 4.14. The molecule has 3 N–H and O–H groups in total. The quantitative estimate of drug-likeness (QED) is 0.593. The summed E-state index contributed by atoms with van der Waals surface area (Å²) in [7, 11) is 1.68. The highest BCUT2D eigenvalue weighted by atomic mass is 79.9. The number of halogens is 1. The molecular formula is C15H21BrN4O. The smallest absolute Gasteiger partial charge is 0.0892 e. The number of methoxy groups -OCH3 is 1. The van der Waals surface area contributed by atoms with E-state index in [0.717, 1.165) is 16.6 Å². The zero-order valence-electron chi connectivity index (χ0n) is 12.3. The molecule has 21 heavy (non-hydrogen) atoms. The summed E-state index contributed by atoms with van der Waals surface area (Å²) in [5.74, 6) is 5.84. The number of aromatic nitrogens is 2. The summed E-state index contributed by atoms with van der Waals surface area (Å²) < 4.78 is 8.00. The lowest BCUT2D eigenvalue weighted by Crippen LogP contribution is -2.32. The first-order chi connectivity index (χ1) is 10.2. The summed E-state index contributed by atoms with van der Waals surface area (Å²) in [5, 5.41) is 4.40. The maximum absolute atomic E-state index is 5.84. The summed E-state index contributed by atoms with van der Waals surface area (Å²) in [6, 6.07) is 8.19. The summed E-state index contributed by atoms with van der Waals surface area (Å²) in [4.78, 5) is 0. The molecule has 1 heterocycles. The molecule has 0 aliphatic rings. The average molecular weight is 353 g/mol. The van der Waals surface area contributed by atoms with Gasteiger partial charge in [0.25, 0.3) is 0 Å². The van der Waals surface area contributed by atoms with Gasteiger partial charge < -0.3 is 4.74 Å². The number of rotatable bonds is 7. The topological polar surface area (TPSA) is 65.1 Å². The van der Waals surface area contributed by atoms with Crippen molar-refractivity contribution in [3.05, 3.63) is 51.8 Å². The maximum Gasteiger partial charge on any atom is 0.0892 e. The molecule has 0 spiro atoms. The van der Waals surface area contributed by atoms with Crippen molar-refractivity contribution in [2.45, 2.75) is 25.9 Å². The molecule has 0 amide bonds. The molecule has 1 aromatic heterocycles. The number of aryl methyl sites for hydroxylation is 1. The Morgan fingerprint density at radius 2 is 2.19 bits per heavy atom. The second-order valence-corrected chi connectivity index (χ2v) is 5.60. The van der Waals surface area contributed by atoms with E-state index in [1.165, 1.54) is 11.1 Å². The van der Waals surface area contributed by atoms with Gasteiger partial charge in [-0.1, -0.05) is 31.2 Å². The SMILES string of the molecule is CCc1ccccc1C(NN)c1c(Br)cnn1CCOC. The van der Waals surface area contributed by atoms with Crippen LogP contribution in [-0.2, 0) is 17.7 Å². The minimum Gasteiger partial charge on any atom is -0.383 e. The molecule has 2 rings (SSSR count). The van der Waals surface area contributed by atoms with Gasteiger partial charge in [0.15, 0.2) is 0 Å². The number of benzene rings is 1. The van der Waals surface area contributed by atoms with Crippen LogP contribution in [0.15, 0.2) is 34.9 Å². The van der Waals surface area contributed by atoms with E-state index in [9.17, 15) is 0 Å². The number of nitrogens with one attached hydrogen (secondary N) is 1. The van der Waals surface area contributed by atoms with Gasteiger partial charge in [-0.05, 0) is 33.5 Å². The second-order valence-electron chi connectivity index (χ2n) is 4.75. The largest absolute Gasteiger partial charge is 0.383 e. The Hall–Kier alpha value is -1.21. The second kappa shape index (κ2) is 7.70. The van der Waals surface area contributed by atoms with Crippen molar-refractivity contribution in [1.82, 2.24) is 15.2 Å². The molecule has 1 aromatic carbocycles.